The number of furan rings is 1. The Morgan fingerprint density at radius 1 is 1.22 bits per heavy atom. The summed E-state index contributed by atoms with van der Waals surface area (Å²) in [5.41, 5.74) is -0.102. The number of aromatic amines is 1. The maximum absolute atomic E-state index is 12.5. The molecule has 0 unspecified atom stereocenters. The average Bonchev–Trinajstić information content (AvgIpc) is 3.34. The van der Waals surface area contributed by atoms with Gasteiger partial charge in [0.25, 0.3) is 11.8 Å². The van der Waals surface area contributed by atoms with Gasteiger partial charge in [-0.05, 0) is 18.2 Å². The summed E-state index contributed by atoms with van der Waals surface area (Å²) < 4.78 is 30.1. The van der Waals surface area contributed by atoms with Crippen LogP contribution < -0.4 is 10.9 Å². The minimum atomic E-state index is -3.44. The van der Waals surface area contributed by atoms with Crippen molar-refractivity contribution in [2.45, 2.75) is 11.3 Å². The van der Waals surface area contributed by atoms with Gasteiger partial charge in [-0.25, -0.2) is 8.42 Å². The monoisotopic (exact) mass is 391 g/mol. The first-order valence-corrected chi connectivity index (χ1v) is 10.1. The van der Waals surface area contributed by atoms with Crippen LogP contribution in [0.5, 0.6) is 0 Å². The van der Waals surface area contributed by atoms with Crippen molar-refractivity contribution in [3.8, 4) is 0 Å². The summed E-state index contributed by atoms with van der Waals surface area (Å²) in [4.78, 5) is 39.8. The second-order valence-corrected chi connectivity index (χ2v) is 9.01. The van der Waals surface area contributed by atoms with Gasteiger partial charge in [-0.1, -0.05) is 0 Å². The zero-order chi connectivity index (χ0) is 19.2. The lowest BCUT2D eigenvalue weighted by Gasteiger charge is -2.20. The van der Waals surface area contributed by atoms with E-state index in [-0.39, 0.29) is 47.6 Å². The largest absolute Gasteiger partial charge is 0.459 e. The summed E-state index contributed by atoms with van der Waals surface area (Å²) in [6.07, 6.45) is 2.66. The topological polar surface area (TPSA) is 130 Å². The van der Waals surface area contributed by atoms with Crippen molar-refractivity contribution in [1.29, 1.82) is 0 Å². The van der Waals surface area contributed by atoms with Crippen LogP contribution in [0.1, 0.15) is 20.9 Å². The lowest BCUT2D eigenvalue weighted by Crippen LogP contribution is -2.42. The normalized spacial score (nSPS) is 25.9. The molecule has 0 spiro atoms. The second-order valence-electron chi connectivity index (χ2n) is 6.74. The van der Waals surface area contributed by atoms with Gasteiger partial charge in [0.2, 0.25) is 5.56 Å². The van der Waals surface area contributed by atoms with E-state index in [0.717, 1.165) is 0 Å². The number of aromatic nitrogens is 1. The Labute approximate surface area is 154 Å². The molecule has 0 bridgehead atoms. The number of carbonyl (C=O) groups is 2. The van der Waals surface area contributed by atoms with Gasteiger partial charge in [0.1, 0.15) is 0 Å². The molecule has 2 aromatic heterocycles. The molecule has 2 amide bonds. The van der Waals surface area contributed by atoms with Gasteiger partial charge < -0.3 is 19.6 Å². The number of hydrogen-bond donors (Lipinski definition) is 2. The number of carbonyl (C=O) groups excluding carboxylic acids is 2. The summed E-state index contributed by atoms with van der Waals surface area (Å²) in [5, 5.41) is 2.02. The first-order chi connectivity index (χ1) is 12.8. The third kappa shape index (κ3) is 3.16. The summed E-state index contributed by atoms with van der Waals surface area (Å²) >= 11 is 0. The van der Waals surface area contributed by atoms with Gasteiger partial charge in [-0.2, -0.15) is 0 Å². The molecule has 10 heteroatoms. The molecule has 4 rings (SSSR count). The van der Waals surface area contributed by atoms with Crippen molar-refractivity contribution < 1.29 is 22.4 Å². The molecule has 2 aromatic rings. The van der Waals surface area contributed by atoms with Gasteiger partial charge in [0.15, 0.2) is 15.6 Å². The standard InChI is InChI=1S/C17H17N3O6S/c21-15-4-3-10(6-18-15)16(22)19-12-9-27(24,25)14-8-20(7-11(12)14)17(23)13-2-1-5-26-13/h1-6,11-12,14H,7-9H2,(H,18,21)(H,19,22)/t11-,12+,14-/m0/s1. The van der Waals surface area contributed by atoms with Crippen LogP contribution in [-0.2, 0) is 9.84 Å². The molecule has 27 heavy (non-hydrogen) atoms. The molecule has 2 N–H and O–H groups in total. The lowest BCUT2D eigenvalue weighted by molar-refractivity contribution is 0.0752. The van der Waals surface area contributed by atoms with Gasteiger partial charge in [-0.15, -0.1) is 0 Å². The van der Waals surface area contributed by atoms with Crippen LogP contribution in [0.25, 0.3) is 0 Å². The molecule has 0 radical (unpaired) electrons. The van der Waals surface area contributed by atoms with Crippen molar-refractivity contribution in [3.63, 3.8) is 0 Å². The molecule has 4 heterocycles. The maximum Gasteiger partial charge on any atom is 0.289 e. The number of fused-ring (bicyclic) bond motifs is 1. The van der Waals surface area contributed by atoms with E-state index in [4.69, 9.17) is 4.42 Å². The zero-order valence-corrected chi connectivity index (χ0v) is 14.9. The Hall–Kier alpha value is -2.88. The molecule has 142 valence electrons. The maximum atomic E-state index is 12.5. The number of pyridine rings is 1. The number of likely N-dealkylation sites (tertiary alicyclic amines) is 1. The number of H-pyrrole nitrogens is 1. The summed E-state index contributed by atoms with van der Waals surface area (Å²) in [6.45, 7) is 0.303. The van der Waals surface area contributed by atoms with Gasteiger partial charge in [-0.3, -0.25) is 14.4 Å². The van der Waals surface area contributed by atoms with E-state index < -0.39 is 27.0 Å². The van der Waals surface area contributed by atoms with E-state index in [9.17, 15) is 22.8 Å². The van der Waals surface area contributed by atoms with E-state index in [0.29, 0.717) is 0 Å². The van der Waals surface area contributed by atoms with Crippen molar-refractivity contribution >= 4 is 21.7 Å². The fourth-order valence-electron chi connectivity index (χ4n) is 3.74. The van der Waals surface area contributed by atoms with Gasteiger partial charge in [0.05, 0.1) is 22.8 Å². The second kappa shape index (κ2) is 6.38. The van der Waals surface area contributed by atoms with Crippen molar-refractivity contribution in [3.05, 3.63) is 58.4 Å². The highest BCUT2D eigenvalue weighted by Gasteiger charge is 2.53. The number of sulfone groups is 1. The number of hydrogen-bond acceptors (Lipinski definition) is 6. The van der Waals surface area contributed by atoms with Crippen LogP contribution in [0.4, 0.5) is 0 Å². The Balaban J connectivity index is 1.52. The Morgan fingerprint density at radius 2 is 2.04 bits per heavy atom. The highest BCUT2D eigenvalue weighted by Crippen LogP contribution is 2.34. The number of nitrogens with zero attached hydrogens (tertiary/aromatic N) is 1. The van der Waals surface area contributed by atoms with Crippen LogP contribution in [0.3, 0.4) is 0 Å². The molecular weight excluding hydrogens is 374 g/mol. The van der Waals surface area contributed by atoms with E-state index in [1.807, 2.05) is 0 Å². The zero-order valence-electron chi connectivity index (χ0n) is 14.1. The summed E-state index contributed by atoms with van der Waals surface area (Å²) in [6, 6.07) is 5.11. The fourth-order valence-corrected chi connectivity index (χ4v) is 6.03. The predicted molar refractivity (Wildman–Crippen MR) is 94.0 cm³/mol. The molecule has 2 fully saturated rings. The molecule has 0 aliphatic carbocycles. The number of nitrogens with one attached hydrogen (secondary N) is 2. The van der Waals surface area contributed by atoms with Crippen molar-refractivity contribution in [1.82, 2.24) is 15.2 Å². The van der Waals surface area contributed by atoms with Crippen LogP contribution in [0.2, 0.25) is 0 Å². The lowest BCUT2D eigenvalue weighted by atomic mass is 10.0. The number of amides is 2. The Kier molecular flexibility index (Phi) is 4.14. The Morgan fingerprint density at radius 3 is 2.70 bits per heavy atom. The third-order valence-electron chi connectivity index (χ3n) is 5.08. The first-order valence-electron chi connectivity index (χ1n) is 8.39. The van der Waals surface area contributed by atoms with Crippen LogP contribution >= 0.6 is 0 Å². The van der Waals surface area contributed by atoms with Crippen LogP contribution in [0, 0.1) is 5.92 Å². The molecule has 2 aliphatic heterocycles. The van der Waals surface area contributed by atoms with Gasteiger partial charge >= 0.3 is 0 Å². The van der Waals surface area contributed by atoms with Crippen molar-refractivity contribution in [2.24, 2.45) is 5.92 Å². The highest BCUT2D eigenvalue weighted by molar-refractivity contribution is 7.92. The molecule has 2 saturated heterocycles. The van der Waals surface area contributed by atoms with E-state index in [1.165, 1.54) is 35.6 Å². The molecule has 3 atom stereocenters. The van der Waals surface area contributed by atoms with E-state index in [1.54, 1.807) is 6.07 Å². The average molecular weight is 391 g/mol. The molecule has 0 saturated carbocycles. The first kappa shape index (κ1) is 17.5. The summed E-state index contributed by atoms with van der Waals surface area (Å²) in [5.74, 6) is -1.24. The van der Waals surface area contributed by atoms with Gasteiger partial charge in [0, 0.05) is 37.3 Å². The van der Waals surface area contributed by atoms with E-state index >= 15 is 0 Å². The molecule has 0 aromatic carbocycles. The van der Waals surface area contributed by atoms with Crippen LogP contribution in [0.15, 0.2) is 45.9 Å². The van der Waals surface area contributed by atoms with Crippen molar-refractivity contribution in [2.75, 3.05) is 18.8 Å². The smallest absolute Gasteiger partial charge is 0.289 e. The fraction of sp³-hybridized carbons (Fsp3) is 0.353. The predicted octanol–water partition coefficient (Wildman–Crippen LogP) is -0.364. The summed E-state index contributed by atoms with van der Waals surface area (Å²) in [7, 11) is -3.44. The Bertz CT molecular complexity index is 1020. The molecule has 9 nitrogen and oxygen atoms in total. The third-order valence-corrected chi connectivity index (χ3v) is 7.33. The SMILES string of the molecule is O=C(N[C@@H]1CS(=O)(=O)[C@H]2CN(C(=O)c3ccco3)C[C@@H]12)c1ccc(=O)[nH]c1. The number of rotatable bonds is 3. The quantitative estimate of drug-likeness (QED) is 0.735. The molecular formula is C17H17N3O6S. The highest BCUT2D eigenvalue weighted by atomic mass is 32.2. The minimum absolute atomic E-state index is 0.0809. The van der Waals surface area contributed by atoms with Crippen LogP contribution in [-0.4, -0.2) is 60.3 Å². The molecule has 2 aliphatic rings. The van der Waals surface area contributed by atoms with E-state index in [2.05, 4.69) is 10.3 Å². The minimum Gasteiger partial charge on any atom is -0.459 e.